The molecule has 0 aliphatic carbocycles. The fourth-order valence-corrected chi connectivity index (χ4v) is 3.54. The van der Waals surface area contributed by atoms with E-state index in [0.29, 0.717) is 18.9 Å². The smallest absolute Gasteiger partial charge is 0.246 e. The molecule has 23 heavy (non-hydrogen) atoms. The standard InChI is InChI=1S/C14H22N6O2S/c15-12(21)11-2-1-10(22-11)9-18-13(16)19-4-6-20(7-5-19)14-17-3-8-23-14/h3,8,10-11H,1-2,4-7,9H2,(H2,15,21)(H2,16,18). The van der Waals surface area contributed by atoms with Crippen molar-refractivity contribution in [2.75, 3.05) is 37.6 Å². The number of nitrogens with zero attached hydrogens (tertiary/aromatic N) is 4. The van der Waals surface area contributed by atoms with Gasteiger partial charge in [0.25, 0.3) is 0 Å². The topological polar surface area (TPSA) is 110 Å². The summed E-state index contributed by atoms with van der Waals surface area (Å²) < 4.78 is 5.56. The Bertz CT molecular complexity index is 556. The molecule has 1 aromatic heterocycles. The molecule has 2 atom stereocenters. The Hall–Kier alpha value is -1.87. The van der Waals surface area contributed by atoms with E-state index in [1.54, 1.807) is 11.3 Å². The fourth-order valence-electron chi connectivity index (χ4n) is 2.84. The molecule has 126 valence electrons. The Morgan fingerprint density at radius 1 is 1.35 bits per heavy atom. The van der Waals surface area contributed by atoms with Gasteiger partial charge < -0.3 is 26.0 Å². The first-order valence-electron chi connectivity index (χ1n) is 7.77. The summed E-state index contributed by atoms with van der Waals surface area (Å²) in [6.45, 7) is 3.89. The Balaban J connectivity index is 1.46. The molecule has 0 spiro atoms. The zero-order valence-corrected chi connectivity index (χ0v) is 13.7. The summed E-state index contributed by atoms with van der Waals surface area (Å²) in [6, 6.07) is 0. The lowest BCUT2D eigenvalue weighted by atomic mass is 10.2. The molecule has 0 radical (unpaired) electrons. The zero-order chi connectivity index (χ0) is 16.2. The van der Waals surface area contributed by atoms with Crippen LogP contribution in [0.4, 0.5) is 5.13 Å². The highest BCUT2D eigenvalue weighted by Gasteiger charge is 2.29. The Labute approximate surface area is 139 Å². The first kappa shape index (κ1) is 16.0. The van der Waals surface area contributed by atoms with Crippen LogP contribution in [0, 0.1) is 0 Å². The van der Waals surface area contributed by atoms with Crippen molar-refractivity contribution in [3.05, 3.63) is 11.6 Å². The molecule has 3 rings (SSSR count). The Kier molecular flexibility index (Phi) is 4.97. The SMILES string of the molecule is NC(=O)C1CCC(CN=C(N)N2CCN(c3nccs3)CC2)O1. The van der Waals surface area contributed by atoms with Gasteiger partial charge in [-0.05, 0) is 12.8 Å². The van der Waals surface area contributed by atoms with E-state index in [4.69, 9.17) is 16.2 Å². The van der Waals surface area contributed by atoms with Crippen molar-refractivity contribution in [1.82, 2.24) is 9.88 Å². The Morgan fingerprint density at radius 3 is 2.74 bits per heavy atom. The summed E-state index contributed by atoms with van der Waals surface area (Å²) in [5, 5.41) is 3.04. The number of carbonyl (C=O) groups excluding carboxylic acids is 1. The van der Waals surface area contributed by atoms with Crippen LogP contribution in [0.15, 0.2) is 16.6 Å². The zero-order valence-electron chi connectivity index (χ0n) is 12.9. The molecule has 2 aliphatic heterocycles. The second-order valence-electron chi connectivity index (χ2n) is 5.71. The van der Waals surface area contributed by atoms with Gasteiger partial charge in [-0.2, -0.15) is 0 Å². The summed E-state index contributed by atoms with van der Waals surface area (Å²) in [5.74, 6) is 0.137. The van der Waals surface area contributed by atoms with Crippen molar-refractivity contribution in [2.24, 2.45) is 16.5 Å². The molecule has 8 nitrogen and oxygen atoms in total. The number of guanidine groups is 1. The third kappa shape index (κ3) is 3.91. The Morgan fingerprint density at radius 2 is 2.13 bits per heavy atom. The largest absolute Gasteiger partial charge is 0.370 e. The lowest BCUT2D eigenvalue weighted by molar-refractivity contribution is -0.128. The highest BCUT2D eigenvalue weighted by atomic mass is 32.1. The highest BCUT2D eigenvalue weighted by Crippen LogP contribution is 2.20. The number of amides is 1. The maximum Gasteiger partial charge on any atom is 0.246 e. The van der Waals surface area contributed by atoms with Gasteiger partial charge in [-0.1, -0.05) is 0 Å². The number of piperazine rings is 1. The van der Waals surface area contributed by atoms with Gasteiger partial charge in [0, 0.05) is 37.8 Å². The van der Waals surface area contributed by atoms with Gasteiger partial charge in [-0.25, -0.2) is 4.98 Å². The summed E-state index contributed by atoms with van der Waals surface area (Å²) in [4.78, 5) is 24.2. The van der Waals surface area contributed by atoms with Crippen molar-refractivity contribution >= 4 is 28.3 Å². The molecule has 3 heterocycles. The van der Waals surface area contributed by atoms with Crippen molar-refractivity contribution in [2.45, 2.75) is 25.0 Å². The van der Waals surface area contributed by atoms with Crippen LogP contribution in [-0.2, 0) is 9.53 Å². The summed E-state index contributed by atoms with van der Waals surface area (Å²) in [7, 11) is 0. The maximum atomic E-state index is 11.1. The van der Waals surface area contributed by atoms with E-state index >= 15 is 0 Å². The second kappa shape index (κ2) is 7.14. The molecule has 2 fully saturated rings. The number of anilines is 1. The molecular weight excluding hydrogens is 316 g/mol. The van der Waals surface area contributed by atoms with Crippen LogP contribution in [-0.4, -0.2) is 66.7 Å². The van der Waals surface area contributed by atoms with Gasteiger partial charge in [-0.3, -0.25) is 9.79 Å². The third-order valence-corrected chi connectivity index (χ3v) is 5.01. The fraction of sp³-hybridized carbons (Fsp3) is 0.643. The van der Waals surface area contributed by atoms with Crippen LogP contribution >= 0.6 is 11.3 Å². The van der Waals surface area contributed by atoms with Crippen molar-refractivity contribution in [1.29, 1.82) is 0 Å². The predicted molar refractivity (Wildman–Crippen MR) is 89.5 cm³/mol. The molecule has 0 bridgehead atoms. The molecule has 1 amide bonds. The number of hydrogen-bond donors (Lipinski definition) is 2. The minimum atomic E-state index is -0.474. The van der Waals surface area contributed by atoms with Gasteiger partial charge in [-0.15, -0.1) is 11.3 Å². The molecule has 2 aliphatic rings. The number of hydrogen-bond acceptors (Lipinski definition) is 6. The minimum absolute atomic E-state index is 0.0670. The summed E-state index contributed by atoms with van der Waals surface area (Å²) in [5.41, 5.74) is 11.3. The number of thiazole rings is 1. The van der Waals surface area contributed by atoms with Crippen LogP contribution in [0.1, 0.15) is 12.8 Å². The van der Waals surface area contributed by atoms with Gasteiger partial charge in [0.2, 0.25) is 5.91 Å². The van der Waals surface area contributed by atoms with E-state index in [2.05, 4.69) is 19.8 Å². The average molecular weight is 338 g/mol. The molecule has 0 aromatic carbocycles. The van der Waals surface area contributed by atoms with Gasteiger partial charge >= 0.3 is 0 Å². The van der Waals surface area contributed by atoms with Gasteiger partial charge in [0.1, 0.15) is 6.10 Å². The molecule has 4 N–H and O–H groups in total. The first-order chi connectivity index (χ1) is 11.1. The predicted octanol–water partition coefficient (Wildman–Crippen LogP) is -0.387. The first-order valence-corrected chi connectivity index (χ1v) is 8.65. The van der Waals surface area contributed by atoms with Crippen LogP contribution < -0.4 is 16.4 Å². The van der Waals surface area contributed by atoms with Crippen LogP contribution in [0.5, 0.6) is 0 Å². The van der Waals surface area contributed by atoms with Crippen LogP contribution in [0.3, 0.4) is 0 Å². The van der Waals surface area contributed by atoms with E-state index in [-0.39, 0.29) is 6.10 Å². The van der Waals surface area contributed by atoms with Crippen molar-refractivity contribution < 1.29 is 9.53 Å². The number of rotatable bonds is 4. The highest BCUT2D eigenvalue weighted by molar-refractivity contribution is 7.13. The number of nitrogens with two attached hydrogens (primary N) is 2. The molecule has 2 unspecified atom stereocenters. The summed E-state index contributed by atoms with van der Waals surface area (Å²) >= 11 is 1.65. The quantitative estimate of drug-likeness (QED) is 0.572. The van der Waals surface area contributed by atoms with Crippen molar-refractivity contribution in [3.63, 3.8) is 0 Å². The molecule has 2 saturated heterocycles. The number of ether oxygens (including phenoxy) is 1. The number of aromatic nitrogens is 1. The third-order valence-electron chi connectivity index (χ3n) is 4.18. The minimum Gasteiger partial charge on any atom is -0.370 e. The van der Waals surface area contributed by atoms with Crippen LogP contribution in [0.2, 0.25) is 0 Å². The molecule has 1 aromatic rings. The van der Waals surface area contributed by atoms with E-state index in [1.165, 1.54) is 0 Å². The molecular formula is C14H22N6O2S. The van der Waals surface area contributed by atoms with Gasteiger partial charge in [0.15, 0.2) is 11.1 Å². The van der Waals surface area contributed by atoms with E-state index in [1.807, 2.05) is 11.6 Å². The lowest BCUT2D eigenvalue weighted by Crippen LogP contribution is -2.51. The maximum absolute atomic E-state index is 11.1. The monoisotopic (exact) mass is 338 g/mol. The normalized spacial score (nSPS) is 25.8. The summed E-state index contributed by atoms with van der Waals surface area (Å²) in [6.07, 6.45) is 2.74. The number of aliphatic imine (C=N–C) groups is 1. The molecule has 0 saturated carbocycles. The van der Waals surface area contributed by atoms with E-state index < -0.39 is 12.0 Å². The second-order valence-corrected chi connectivity index (χ2v) is 6.59. The lowest BCUT2D eigenvalue weighted by Gasteiger charge is -2.35. The average Bonchev–Trinajstić information content (AvgIpc) is 3.24. The number of primary amides is 1. The van der Waals surface area contributed by atoms with Gasteiger partial charge in [0.05, 0.1) is 12.6 Å². The number of carbonyl (C=O) groups is 1. The molecule has 9 heteroatoms. The van der Waals surface area contributed by atoms with E-state index in [9.17, 15) is 4.79 Å². The van der Waals surface area contributed by atoms with Crippen molar-refractivity contribution in [3.8, 4) is 0 Å². The van der Waals surface area contributed by atoms with E-state index in [0.717, 1.165) is 37.7 Å². The van der Waals surface area contributed by atoms with Crippen LogP contribution in [0.25, 0.3) is 0 Å².